The average molecular weight is 401 g/mol. The van der Waals surface area contributed by atoms with Crippen LogP contribution in [0.1, 0.15) is 56.5 Å². The number of rotatable bonds is 9. The van der Waals surface area contributed by atoms with Gasteiger partial charge in [0.05, 0.1) is 5.56 Å². The van der Waals surface area contributed by atoms with Crippen LogP contribution >= 0.6 is 11.3 Å². The van der Waals surface area contributed by atoms with E-state index in [1.54, 1.807) is 12.1 Å². The average Bonchev–Trinajstić information content (AvgIpc) is 3.18. The lowest BCUT2D eigenvalue weighted by molar-refractivity contribution is 0.513. The number of hydrogen-bond donors (Lipinski definition) is 0. The Morgan fingerprint density at radius 2 is 1.43 bits per heavy atom. The standard InChI is InChI=1S/C23H26F2N2S/c1-3-5-7-8-16-10-12-17(13-11-16)18-14-15-19(22(25)21(18)24)23-27-26-20(28-23)9-6-4-2/h10-15H,3-9H2,1-2H3. The summed E-state index contributed by atoms with van der Waals surface area (Å²) in [6.07, 6.45) is 7.44. The summed E-state index contributed by atoms with van der Waals surface area (Å²) in [5, 5.41) is 9.45. The second-order valence-electron chi connectivity index (χ2n) is 7.05. The SMILES string of the molecule is CCCCCc1ccc(-c2ccc(-c3nnc(CCCC)s3)c(F)c2F)cc1. The van der Waals surface area contributed by atoms with Gasteiger partial charge in [-0.3, -0.25) is 0 Å². The van der Waals surface area contributed by atoms with Crippen molar-refractivity contribution in [2.45, 2.75) is 58.8 Å². The van der Waals surface area contributed by atoms with Crippen LogP contribution in [0.2, 0.25) is 0 Å². The van der Waals surface area contributed by atoms with Crippen LogP contribution in [0.25, 0.3) is 21.7 Å². The maximum Gasteiger partial charge on any atom is 0.169 e. The van der Waals surface area contributed by atoms with E-state index in [0.29, 0.717) is 10.6 Å². The lowest BCUT2D eigenvalue weighted by Gasteiger charge is -2.08. The molecule has 0 saturated carbocycles. The monoisotopic (exact) mass is 400 g/mol. The molecule has 2 aromatic carbocycles. The second-order valence-corrected chi connectivity index (χ2v) is 8.11. The van der Waals surface area contributed by atoms with Gasteiger partial charge in [-0.25, -0.2) is 8.78 Å². The van der Waals surface area contributed by atoms with Crippen molar-refractivity contribution in [2.24, 2.45) is 0 Å². The number of nitrogens with zero attached hydrogens (tertiary/aromatic N) is 2. The summed E-state index contributed by atoms with van der Waals surface area (Å²) in [6.45, 7) is 4.28. The predicted molar refractivity (Wildman–Crippen MR) is 113 cm³/mol. The van der Waals surface area contributed by atoms with E-state index in [0.717, 1.165) is 37.1 Å². The zero-order chi connectivity index (χ0) is 19.9. The highest BCUT2D eigenvalue weighted by Gasteiger charge is 2.18. The number of hydrogen-bond acceptors (Lipinski definition) is 3. The third kappa shape index (κ3) is 4.82. The zero-order valence-electron chi connectivity index (χ0n) is 16.5. The maximum absolute atomic E-state index is 14.8. The molecule has 0 fully saturated rings. The fraction of sp³-hybridized carbons (Fsp3) is 0.391. The molecule has 1 heterocycles. The molecular formula is C23H26F2N2S. The van der Waals surface area contributed by atoms with Crippen LogP contribution in [-0.4, -0.2) is 10.2 Å². The Balaban J connectivity index is 1.81. The molecule has 0 amide bonds. The minimum atomic E-state index is -0.859. The van der Waals surface area contributed by atoms with E-state index in [-0.39, 0.29) is 11.1 Å². The van der Waals surface area contributed by atoms with E-state index in [9.17, 15) is 8.78 Å². The second kappa shape index (κ2) is 9.87. The minimum absolute atomic E-state index is 0.178. The molecule has 0 unspecified atom stereocenters. The van der Waals surface area contributed by atoms with E-state index in [1.165, 1.54) is 29.7 Å². The van der Waals surface area contributed by atoms with E-state index in [4.69, 9.17) is 0 Å². The van der Waals surface area contributed by atoms with Crippen molar-refractivity contribution in [1.82, 2.24) is 10.2 Å². The molecule has 0 aliphatic carbocycles. The van der Waals surface area contributed by atoms with Gasteiger partial charge >= 0.3 is 0 Å². The third-order valence-electron chi connectivity index (χ3n) is 4.86. The molecular weight excluding hydrogens is 374 g/mol. The molecule has 0 N–H and O–H groups in total. The fourth-order valence-electron chi connectivity index (χ4n) is 3.16. The van der Waals surface area contributed by atoms with Crippen LogP contribution in [0.15, 0.2) is 36.4 Å². The number of benzene rings is 2. The Bertz CT molecular complexity index is 903. The van der Waals surface area contributed by atoms with Gasteiger partial charge in [0, 0.05) is 12.0 Å². The predicted octanol–water partition coefficient (Wildman–Crippen LogP) is 7.23. The molecule has 28 heavy (non-hydrogen) atoms. The molecule has 0 radical (unpaired) electrons. The van der Waals surface area contributed by atoms with Gasteiger partial charge in [-0.05, 0) is 36.5 Å². The van der Waals surface area contributed by atoms with Crippen molar-refractivity contribution in [3.8, 4) is 21.7 Å². The van der Waals surface area contributed by atoms with E-state index in [1.807, 2.05) is 24.3 Å². The van der Waals surface area contributed by atoms with Crippen LogP contribution in [0.5, 0.6) is 0 Å². The molecule has 0 saturated heterocycles. The van der Waals surface area contributed by atoms with Gasteiger partial charge in [-0.15, -0.1) is 10.2 Å². The molecule has 1 aromatic heterocycles. The van der Waals surface area contributed by atoms with Gasteiger partial charge in [0.15, 0.2) is 16.6 Å². The first-order chi connectivity index (χ1) is 13.6. The van der Waals surface area contributed by atoms with Gasteiger partial charge in [-0.1, -0.05) is 74.8 Å². The third-order valence-corrected chi connectivity index (χ3v) is 5.87. The van der Waals surface area contributed by atoms with Crippen LogP contribution in [-0.2, 0) is 12.8 Å². The van der Waals surface area contributed by atoms with Gasteiger partial charge < -0.3 is 0 Å². The molecule has 0 aliphatic rings. The topological polar surface area (TPSA) is 25.8 Å². The summed E-state index contributed by atoms with van der Waals surface area (Å²) in [5.74, 6) is -1.69. The van der Waals surface area contributed by atoms with Gasteiger partial charge in [0.2, 0.25) is 0 Å². The summed E-state index contributed by atoms with van der Waals surface area (Å²) < 4.78 is 29.5. The number of unbranched alkanes of at least 4 members (excludes halogenated alkanes) is 3. The first-order valence-electron chi connectivity index (χ1n) is 10.0. The Kier molecular flexibility index (Phi) is 7.26. The van der Waals surface area contributed by atoms with Crippen LogP contribution < -0.4 is 0 Å². The van der Waals surface area contributed by atoms with Gasteiger partial charge in [-0.2, -0.15) is 0 Å². The van der Waals surface area contributed by atoms with Crippen molar-refractivity contribution >= 4 is 11.3 Å². The Morgan fingerprint density at radius 1 is 0.750 bits per heavy atom. The first-order valence-corrected chi connectivity index (χ1v) is 10.9. The Labute approximate surface area is 169 Å². The molecule has 3 rings (SSSR count). The largest absolute Gasteiger partial charge is 0.203 e. The molecule has 5 heteroatoms. The van der Waals surface area contributed by atoms with Gasteiger partial charge in [0.1, 0.15) is 5.01 Å². The maximum atomic E-state index is 14.8. The fourth-order valence-corrected chi connectivity index (χ4v) is 4.06. The van der Waals surface area contributed by atoms with Crippen molar-refractivity contribution < 1.29 is 8.78 Å². The normalized spacial score (nSPS) is 11.1. The molecule has 2 nitrogen and oxygen atoms in total. The highest BCUT2D eigenvalue weighted by atomic mass is 32.1. The van der Waals surface area contributed by atoms with Crippen LogP contribution in [0.3, 0.4) is 0 Å². The molecule has 0 spiro atoms. The summed E-state index contributed by atoms with van der Waals surface area (Å²) in [7, 11) is 0. The highest BCUT2D eigenvalue weighted by molar-refractivity contribution is 7.14. The van der Waals surface area contributed by atoms with Crippen molar-refractivity contribution in [2.75, 3.05) is 0 Å². The van der Waals surface area contributed by atoms with Crippen molar-refractivity contribution in [3.05, 3.63) is 58.6 Å². The van der Waals surface area contributed by atoms with E-state index < -0.39 is 11.6 Å². The molecule has 0 atom stereocenters. The number of aromatic nitrogens is 2. The van der Waals surface area contributed by atoms with Crippen molar-refractivity contribution in [3.63, 3.8) is 0 Å². The lowest BCUT2D eigenvalue weighted by Crippen LogP contribution is -1.94. The lowest BCUT2D eigenvalue weighted by atomic mass is 9.99. The van der Waals surface area contributed by atoms with E-state index >= 15 is 0 Å². The van der Waals surface area contributed by atoms with Gasteiger partial charge in [0.25, 0.3) is 0 Å². The molecule has 3 aromatic rings. The first kappa shape index (κ1) is 20.6. The van der Waals surface area contributed by atoms with Crippen molar-refractivity contribution in [1.29, 1.82) is 0 Å². The summed E-state index contributed by atoms with van der Waals surface area (Å²) >= 11 is 1.33. The Morgan fingerprint density at radius 3 is 2.14 bits per heavy atom. The van der Waals surface area contributed by atoms with Crippen LogP contribution in [0, 0.1) is 11.6 Å². The molecule has 0 bridgehead atoms. The number of halogens is 2. The summed E-state index contributed by atoms with van der Waals surface area (Å²) in [6, 6.07) is 11.0. The zero-order valence-corrected chi connectivity index (χ0v) is 17.3. The highest BCUT2D eigenvalue weighted by Crippen LogP contribution is 2.33. The smallest absolute Gasteiger partial charge is 0.169 e. The number of aryl methyl sites for hydroxylation is 2. The van der Waals surface area contributed by atoms with Crippen LogP contribution in [0.4, 0.5) is 8.78 Å². The quantitative estimate of drug-likeness (QED) is 0.354. The summed E-state index contributed by atoms with van der Waals surface area (Å²) in [4.78, 5) is 0. The summed E-state index contributed by atoms with van der Waals surface area (Å²) in [5.41, 5.74) is 2.36. The molecule has 148 valence electrons. The minimum Gasteiger partial charge on any atom is -0.203 e. The van der Waals surface area contributed by atoms with E-state index in [2.05, 4.69) is 24.0 Å². The molecule has 0 aliphatic heterocycles. The Hall–Kier alpha value is -2.14.